The van der Waals surface area contributed by atoms with Gasteiger partial charge in [-0.2, -0.15) is 0 Å². The summed E-state index contributed by atoms with van der Waals surface area (Å²) in [5.41, 5.74) is 1.04. The molecule has 1 rings (SSSR count). The van der Waals surface area contributed by atoms with E-state index in [-0.39, 0.29) is 29.9 Å². The van der Waals surface area contributed by atoms with Gasteiger partial charge in [0.2, 0.25) is 5.91 Å². The van der Waals surface area contributed by atoms with Crippen molar-refractivity contribution in [1.29, 1.82) is 0 Å². The molecule has 1 unspecified atom stereocenters. The van der Waals surface area contributed by atoms with E-state index >= 15 is 0 Å². The van der Waals surface area contributed by atoms with Crippen LogP contribution in [0.3, 0.4) is 0 Å². The minimum atomic E-state index is -0.127. The molecule has 0 bridgehead atoms. The highest BCUT2D eigenvalue weighted by Gasteiger charge is 2.23. The molecule has 0 heterocycles. The topological polar surface area (TPSA) is 46.2 Å². The molecule has 0 radical (unpaired) electrons. The summed E-state index contributed by atoms with van der Waals surface area (Å²) in [4.78, 5) is 23.8. The van der Waals surface area contributed by atoms with Gasteiger partial charge in [0.1, 0.15) is 5.78 Å². The lowest BCUT2D eigenvalue weighted by molar-refractivity contribution is -0.122. The predicted molar refractivity (Wildman–Crippen MR) is 84.7 cm³/mol. The molecule has 0 spiro atoms. The van der Waals surface area contributed by atoms with Crippen LogP contribution in [-0.2, 0) is 9.59 Å². The number of carbonyl (C=O) groups excluding carboxylic acids is 2. The predicted octanol–water partition coefficient (Wildman–Crippen LogP) is 2.92. The molecule has 0 aliphatic rings. The third kappa shape index (κ3) is 5.83. The highest BCUT2D eigenvalue weighted by molar-refractivity contribution is 5.87. The van der Waals surface area contributed by atoms with E-state index in [1.165, 1.54) is 0 Å². The zero-order valence-electron chi connectivity index (χ0n) is 13.0. The number of hydrogen-bond donors (Lipinski definition) is 1. The molecule has 0 saturated heterocycles. The molecule has 1 amide bonds. The van der Waals surface area contributed by atoms with Crippen LogP contribution in [0.1, 0.15) is 45.1 Å². The SMILES string of the molecule is CC#CCC(=O)NCCC(=O)C(c1ccccc1)C(C)C. The Kier molecular flexibility index (Phi) is 7.25. The van der Waals surface area contributed by atoms with E-state index < -0.39 is 0 Å². The van der Waals surface area contributed by atoms with Gasteiger partial charge in [0.25, 0.3) is 0 Å². The Morgan fingerprint density at radius 3 is 2.43 bits per heavy atom. The van der Waals surface area contributed by atoms with Gasteiger partial charge >= 0.3 is 0 Å². The van der Waals surface area contributed by atoms with Gasteiger partial charge in [0.05, 0.1) is 6.42 Å². The van der Waals surface area contributed by atoms with Crippen LogP contribution < -0.4 is 5.32 Å². The molecule has 0 aliphatic heterocycles. The van der Waals surface area contributed by atoms with Gasteiger partial charge in [-0.25, -0.2) is 0 Å². The first kappa shape index (κ1) is 17.0. The minimum Gasteiger partial charge on any atom is -0.355 e. The number of nitrogens with one attached hydrogen (secondary N) is 1. The molecule has 1 atom stereocenters. The summed E-state index contributed by atoms with van der Waals surface area (Å²) < 4.78 is 0. The molecule has 1 aromatic carbocycles. The van der Waals surface area contributed by atoms with Gasteiger partial charge in [-0.15, -0.1) is 5.92 Å². The van der Waals surface area contributed by atoms with Gasteiger partial charge in [0, 0.05) is 18.9 Å². The molecule has 0 saturated carbocycles. The minimum absolute atomic E-state index is 0.112. The monoisotopic (exact) mass is 285 g/mol. The molecular formula is C18H23NO2. The largest absolute Gasteiger partial charge is 0.355 e. The standard InChI is InChI=1S/C18H23NO2/c1-4-5-11-17(21)19-13-12-16(20)18(14(2)3)15-9-7-6-8-10-15/h6-10,14,18H,11-13H2,1-3H3,(H,19,21). The quantitative estimate of drug-likeness (QED) is 0.783. The van der Waals surface area contributed by atoms with E-state index in [2.05, 4.69) is 17.2 Å². The maximum atomic E-state index is 12.4. The fraction of sp³-hybridized carbons (Fsp3) is 0.444. The summed E-state index contributed by atoms with van der Waals surface area (Å²) in [5, 5.41) is 2.73. The maximum absolute atomic E-state index is 12.4. The van der Waals surface area contributed by atoms with Crippen molar-refractivity contribution >= 4 is 11.7 Å². The molecule has 0 aromatic heterocycles. The Hall–Kier alpha value is -2.08. The Labute approximate surface area is 127 Å². The Balaban J connectivity index is 2.55. The molecule has 3 heteroatoms. The molecule has 112 valence electrons. The smallest absolute Gasteiger partial charge is 0.232 e. The van der Waals surface area contributed by atoms with Crippen LogP contribution in [0.4, 0.5) is 0 Å². The van der Waals surface area contributed by atoms with Crippen molar-refractivity contribution in [2.24, 2.45) is 5.92 Å². The van der Waals surface area contributed by atoms with Crippen molar-refractivity contribution < 1.29 is 9.59 Å². The molecule has 21 heavy (non-hydrogen) atoms. The number of hydrogen-bond acceptors (Lipinski definition) is 2. The lowest BCUT2D eigenvalue weighted by Gasteiger charge is -2.20. The number of Topliss-reactive ketones (excluding diaryl/α,β-unsaturated/α-hetero) is 1. The Morgan fingerprint density at radius 1 is 1.19 bits per heavy atom. The summed E-state index contributed by atoms with van der Waals surface area (Å²) >= 11 is 0. The molecule has 1 aromatic rings. The second kappa shape index (κ2) is 8.97. The van der Waals surface area contributed by atoms with Gasteiger partial charge < -0.3 is 5.32 Å². The first-order chi connectivity index (χ1) is 10.1. The van der Waals surface area contributed by atoms with E-state index in [9.17, 15) is 9.59 Å². The van der Waals surface area contributed by atoms with Crippen LogP contribution in [0.5, 0.6) is 0 Å². The second-order valence-electron chi connectivity index (χ2n) is 5.30. The highest BCUT2D eigenvalue weighted by atomic mass is 16.1. The lowest BCUT2D eigenvalue weighted by Crippen LogP contribution is -2.28. The Morgan fingerprint density at radius 2 is 1.86 bits per heavy atom. The van der Waals surface area contributed by atoms with Crippen LogP contribution in [0, 0.1) is 17.8 Å². The van der Waals surface area contributed by atoms with E-state index in [1.54, 1.807) is 6.92 Å². The molecule has 3 nitrogen and oxygen atoms in total. The van der Waals surface area contributed by atoms with Crippen molar-refractivity contribution in [3.8, 4) is 11.8 Å². The van der Waals surface area contributed by atoms with Crippen molar-refractivity contribution in [2.45, 2.75) is 39.5 Å². The number of ketones is 1. The summed E-state index contributed by atoms with van der Waals surface area (Å²) in [6.07, 6.45) is 0.542. The summed E-state index contributed by atoms with van der Waals surface area (Å²) in [5.74, 6) is 5.54. The molecule has 1 N–H and O–H groups in total. The number of amides is 1. The van der Waals surface area contributed by atoms with E-state index in [0.29, 0.717) is 13.0 Å². The van der Waals surface area contributed by atoms with Crippen LogP contribution in [0.25, 0.3) is 0 Å². The second-order valence-corrected chi connectivity index (χ2v) is 5.30. The third-order valence-electron chi connectivity index (χ3n) is 3.29. The third-order valence-corrected chi connectivity index (χ3v) is 3.29. The normalized spacial score (nSPS) is 11.4. The summed E-state index contributed by atoms with van der Waals surface area (Å²) in [6, 6.07) is 9.81. The van der Waals surface area contributed by atoms with Crippen LogP contribution in [0.15, 0.2) is 30.3 Å². The highest BCUT2D eigenvalue weighted by Crippen LogP contribution is 2.26. The fourth-order valence-electron chi connectivity index (χ4n) is 2.31. The van der Waals surface area contributed by atoms with Gasteiger partial charge in [-0.3, -0.25) is 9.59 Å². The summed E-state index contributed by atoms with van der Waals surface area (Å²) in [6.45, 7) is 6.17. The average Bonchev–Trinajstić information content (AvgIpc) is 2.46. The zero-order chi connectivity index (χ0) is 15.7. The molecule has 0 fully saturated rings. The maximum Gasteiger partial charge on any atom is 0.232 e. The van der Waals surface area contributed by atoms with Gasteiger partial charge in [-0.1, -0.05) is 50.1 Å². The van der Waals surface area contributed by atoms with Gasteiger partial charge in [-0.05, 0) is 18.4 Å². The van der Waals surface area contributed by atoms with Crippen LogP contribution in [0.2, 0.25) is 0 Å². The van der Waals surface area contributed by atoms with Crippen LogP contribution >= 0.6 is 0 Å². The van der Waals surface area contributed by atoms with Gasteiger partial charge in [0.15, 0.2) is 0 Å². The zero-order valence-corrected chi connectivity index (χ0v) is 13.0. The van der Waals surface area contributed by atoms with E-state index in [0.717, 1.165) is 5.56 Å². The summed E-state index contributed by atoms with van der Waals surface area (Å²) in [7, 11) is 0. The lowest BCUT2D eigenvalue weighted by atomic mass is 9.84. The van der Waals surface area contributed by atoms with E-state index in [4.69, 9.17) is 0 Å². The van der Waals surface area contributed by atoms with Crippen molar-refractivity contribution in [3.05, 3.63) is 35.9 Å². The van der Waals surface area contributed by atoms with Crippen LogP contribution in [-0.4, -0.2) is 18.2 Å². The number of carbonyl (C=O) groups is 2. The van der Waals surface area contributed by atoms with Crippen molar-refractivity contribution in [2.75, 3.05) is 6.54 Å². The first-order valence-electron chi connectivity index (χ1n) is 7.30. The van der Waals surface area contributed by atoms with Crippen molar-refractivity contribution in [1.82, 2.24) is 5.32 Å². The Bertz CT molecular complexity index is 523. The number of benzene rings is 1. The first-order valence-corrected chi connectivity index (χ1v) is 7.30. The average molecular weight is 285 g/mol. The fourth-order valence-corrected chi connectivity index (χ4v) is 2.31. The van der Waals surface area contributed by atoms with E-state index in [1.807, 2.05) is 44.2 Å². The molecular weight excluding hydrogens is 262 g/mol. The number of rotatable bonds is 7. The van der Waals surface area contributed by atoms with Crippen molar-refractivity contribution in [3.63, 3.8) is 0 Å². The molecule has 0 aliphatic carbocycles.